The van der Waals surface area contributed by atoms with Crippen molar-refractivity contribution >= 4 is 15.6 Å². The minimum absolute atomic E-state index is 0.289. The molecular weight excluding hydrogens is 298 g/mol. The van der Waals surface area contributed by atoms with Gasteiger partial charge in [0.15, 0.2) is 15.6 Å². The van der Waals surface area contributed by atoms with E-state index < -0.39 is 32.1 Å². The lowest BCUT2D eigenvalue weighted by atomic mass is 10.1. The lowest BCUT2D eigenvalue weighted by Crippen LogP contribution is -2.13. The van der Waals surface area contributed by atoms with Crippen molar-refractivity contribution in [2.45, 2.75) is 11.3 Å². The number of benzene rings is 2. The van der Waals surface area contributed by atoms with E-state index in [2.05, 4.69) is 0 Å². The maximum Gasteiger partial charge on any atom is 0.181 e. The predicted octanol–water partition coefficient (Wildman–Crippen LogP) is 3.01. The van der Waals surface area contributed by atoms with E-state index in [9.17, 15) is 22.0 Å². The zero-order chi connectivity index (χ0) is 15.5. The molecule has 0 aromatic heterocycles. The van der Waals surface area contributed by atoms with Gasteiger partial charge in [-0.2, -0.15) is 0 Å². The fourth-order valence-corrected chi connectivity index (χ4v) is 3.15. The second-order valence-corrected chi connectivity index (χ2v) is 6.51. The maximum absolute atomic E-state index is 13.5. The van der Waals surface area contributed by atoms with Crippen LogP contribution in [0.1, 0.15) is 16.8 Å². The maximum atomic E-state index is 13.5. The second-order valence-electron chi connectivity index (χ2n) is 4.43. The van der Waals surface area contributed by atoms with Gasteiger partial charge in [0.05, 0.1) is 5.75 Å². The molecule has 0 N–H and O–H groups in total. The summed E-state index contributed by atoms with van der Waals surface area (Å²) in [4.78, 5) is 11.1. The van der Waals surface area contributed by atoms with E-state index in [-0.39, 0.29) is 12.2 Å². The van der Waals surface area contributed by atoms with Crippen molar-refractivity contribution in [1.29, 1.82) is 0 Å². The summed E-state index contributed by atoms with van der Waals surface area (Å²) in [5.41, 5.74) is 0.382. The monoisotopic (exact) mass is 310 g/mol. The van der Waals surface area contributed by atoms with Crippen LogP contribution in [0.3, 0.4) is 0 Å². The lowest BCUT2D eigenvalue weighted by molar-refractivity contribution is 0.0988. The molecule has 0 bridgehead atoms. The smallest absolute Gasteiger partial charge is 0.181 e. The SMILES string of the molecule is O=C(CCS(=O)(=O)c1cc(F)ccc1F)c1ccccc1. The van der Waals surface area contributed by atoms with Crippen molar-refractivity contribution in [1.82, 2.24) is 0 Å². The highest BCUT2D eigenvalue weighted by Crippen LogP contribution is 2.18. The number of rotatable bonds is 5. The summed E-state index contributed by atoms with van der Waals surface area (Å²) in [6.45, 7) is 0. The van der Waals surface area contributed by atoms with Crippen LogP contribution in [0.5, 0.6) is 0 Å². The molecule has 0 radical (unpaired) electrons. The van der Waals surface area contributed by atoms with Gasteiger partial charge in [0.1, 0.15) is 16.5 Å². The Balaban J connectivity index is 2.15. The average Bonchev–Trinajstić information content (AvgIpc) is 2.48. The number of carbonyl (C=O) groups is 1. The predicted molar refractivity (Wildman–Crippen MR) is 73.8 cm³/mol. The zero-order valence-electron chi connectivity index (χ0n) is 10.9. The third-order valence-electron chi connectivity index (χ3n) is 2.92. The van der Waals surface area contributed by atoms with Crippen molar-refractivity contribution < 1.29 is 22.0 Å². The number of carbonyl (C=O) groups excluding carboxylic acids is 1. The van der Waals surface area contributed by atoms with Gasteiger partial charge in [-0.05, 0) is 18.2 Å². The normalized spacial score (nSPS) is 11.3. The van der Waals surface area contributed by atoms with E-state index >= 15 is 0 Å². The fourth-order valence-electron chi connectivity index (χ4n) is 1.82. The van der Waals surface area contributed by atoms with Gasteiger partial charge in [0, 0.05) is 12.0 Å². The van der Waals surface area contributed by atoms with E-state index in [1.54, 1.807) is 30.3 Å². The van der Waals surface area contributed by atoms with Crippen molar-refractivity contribution in [3.05, 3.63) is 65.7 Å². The van der Waals surface area contributed by atoms with E-state index in [0.29, 0.717) is 11.6 Å². The third-order valence-corrected chi connectivity index (χ3v) is 4.65. The van der Waals surface area contributed by atoms with Gasteiger partial charge in [-0.25, -0.2) is 17.2 Å². The van der Waals surface area contributed by atoms with Crippen LogP contribution in [-0.2, 0) is 9.84 Å². The lowest BCUT2D eigenvalue weighted by Gasteiger charge is -2.06. The van der Waals surface area contributed by atoms with Crippen molar-refractivity contribution in [3.8, 4) is 0 Å². The van der Waals surface area contributed by atoms with E-state index in [1.807, 2.05) is 0 Å². The standard InChI is InChI=1S/C15H12F2O3S/c16-12-6-7-13(17)15(10-12)21(19,20)9-8-14(18)11-4-2-1-3-5-11/h1-7,10H,8-9H2. The summed E-state index contributed by atoms with van der Waals surface area (Å²) in [6, 6.07) is 10.4. The van der Waals surface area contributed by atoms with Crippen molar-refractivity contribution in [2.75, 3.05) is 5.75 Å². The van der Waals surface area contributed by atoms with Gasteiger partial charge in [-0.1, -0.05) is 30.3 Å². The number of halogens is 2. The van der Waals surface area contributed by atoms with E-state index in [1.165, 1.54) is 0 Å². The van der Waals surface area contributed by atoms with Crippen LogP contribution in [-0.4, -0.2) is 20.0 Å². The molecule has 0 heterocycles. The van der Waals surface area contributed by atoms with Gasteiger partial charge in [0.2, 0.25) is 0 Å². The zero-order valence-corrected chi connectivity index (χ0v) is 11.7. The molecule has 2 rings (SSSR count). The Morgan fingerprint density at radius 3 is 2.33 bits per heavy atom. The van der Waals surface area contributed by atoms with Crippen LogP contribution < -0.4 is 0 Å². The number of Topliss-reactive ketones (excluding diaryl/α,β-unsaturated/α-hetero) is 1. The van der Waals surface area contributed by atoms with Gasteiger partial charge in [-0.15, -0.1) is 0 Å². The molecule has 0 atom stereocenters. The number of hydrogen-bond acceptors (Lipinski definition) is 3. The topological polar surface area (TPSA) is 51.2 Å². The highest BCUT2D eigenvalue weighted by Gasteiger charge is 2.21. The molecule has 0 amide bonds. The Kier molecular flexibility index (Phi) is 4.47. The molecule has 6 heteroatoms. The quantitative estimate of drug-likeness (QED) is 0.798. The van der Waals surface area contributed by atoms with Gasteiger partial charge < -0.3 is 0 Å². The summed E-state index contributed by atoms with van der Waals surface area (Å²) in [7, 11) is -4.05. The first-order chi connectivity index (χ1) is 9.90. The first-order valence-electron chi connectivity index (χ1n) is 6.16. The molecule has 3 nitrogen and oxygen atoms in total. The Bertz CT molecular complexity index is 756. The minimum atomic E-state index is -4.05. The molecule has 21 heavy (non-hydrogen) atoms. The fraction of sp³-hybridized carbons (Fsp3) is 0.133. The molecule has 0 unspecified atom stereocenters. The minimum Gasteiger partial charge on any atom is -0.294 e. The van der Waals surface area contributed by atoms with Crippen molar-refractivity contribution in [2.24, 2.45) is 0 Å². The van der Waals surface area contributed by atoms with E-state index in [0.717, 1.165) is 12.1 Å². The third kappa shape index (κ3) is 3.72. The molecular formula is C15H12F2O3S. The highest BCUT2D eigenvalue weighted by molar-refractivity contribution is 7.91. The molecule has 2 aromatic rings. The molecule has 0 fully saturated rings. The Morgan fingerprint density at radius 2 is 1.67 bits per heavy atom. The molecule has 0 spiro atoms. The number of hydrogen-bond donors (Lipinski definition) is 0. The van der Waals surface area contributed by atoms with Crippen LogP contribution in [0.25, 0.3) is 0 Å². The van der Waals surface area contributed by atoms with E-state index in [4.69, 9.17) is 0 Å². The van der Waals surface area contributed by atoms with Crippen LogP contribution in [0, 0.1) is 11.6 Å². The molecule has 2 aromatic carbocycles. The summed E-state index contributed by atoms with van der Waals surface area (Å²) in [5, 5.41) is 0. The van der Waals surface area contributed by atoms with Crippen molar-refractivity contribution in [3.63, 3.8) is 0 Å². The molecule has 0 aliphatic rings. The van der Waals surface area contributed by atoms with Gasteiger partial charge in [-0.3, -0.25) is 4.79 Å². The van der Waals surface area contributed by atoms with Crippen LogP contribution in [0.4, 0.5) is 8.78 Å². The Morgan fingerprint density at radius 1 is 1.00 bits per heavy atom. The van der Waals surface area contributed by atoms with Gasteiger partial charge >= 0.3 is 0 Å². The largest absolute Gasteiger partial charge is 0.294 e. The molecule has 0 saturated carbocycles. The molecule has 0 aliphatic heterocycles. The van der Waals surface area contributed by atoms with Crippen LogP contribution >= 0.6 is 0 Å². The van der Waals surface area contributed by atoms with Gasteiger partial charge in [0.25, 0.3) is 0 Å². The van der Waals surface area contributed by atoms with Crippen LogP contribution in [0.2, 0.25) is 0 Å². The molecule has 0 saturated heterocycles. The summed E-state index contributed by atoms with van der Waals surface area (Å²) < 4.78 is 50.5. The Hall–Kier alpha value is -2.08. The molecule has 110 valence electrons. The Labute approximate surface area is 121 Å². The van der Waals surface area contributed by atoms with Crippen LogP contribution in [0.15, 0.2) is 53.4 Å². The summed E-state index contributed by atoms with van der Waals surface area (Å²) >= 11 is 0. The summed E-state index contributed by atoms with van der Waals surface area (Å²) in [6.07, 6.45) is -0.289. The number of ketones is 1. The first kappa shape index (κ1) is 15.3. The average molecular weight is 310 g/mol. The number of sulfone groups is 1. The first-order valence-corrected chi connectivity index (χ1v) is 7.81. The summed E-state index contributed by atoms with van der Waals surface area (Å²) in [5.74, 6) is -2.80. The molecule has 0 aliphatic carbocycles. The highest BCUT2D eigenvalue weighted by atomic mass is 32.2. The second kappa shape index (κ2) is 6.13.